The number of nitrogens with zero attached hydrogens (tertiary/aromatic N) is 2. The number of rotatable bonds is 8. The first-order chi connectivity index (χ1) is 9.49. The minimum absolute atomic E-state index is 0.0689. The van der Waals surface area contributed by atoms with Crippen molar-refractivity contribution >= 4 is 11.4 Å². The van der Waals surface area contributed by atoms with Gasteiger partial charge in [0.2, 0.25) is 0 Å². The van der Waals surface area contributed by atoms with Gasteiger partial charge >= 0.3 is 11.4 Å². The Bertz CT molecular complexity index is 488. The summed E-state index contributed by atoms with van der Waals surface area (Å²) < 4.78 is 0. The van der Waals surface area contributed by atoms with Gasteiger partial charge in [-0.05, 0) is 18.4 Å². The molecule has 1 rings (SSSR count). The van der Waals surface area contributed by atoms with Crippen LogP contribution in [0.3, 0.4) is 0 Å². The van der Waals surface area contributed by atoms with Crippen LogP contribution in [-0.4, -0.2) is 9.85 Å². The average molecular weight is 279 g/mol. The molecular formula is C14H19N2O4. The van der Waals surface area contributed by atoms with Gasteiger partial charge in [0.25, 0.3) is 0 Å². The van der Waals surface area contributed by atoms with Crippen LogP contribution in [0.15, 0.2) is 12.1 Å². The zero-order chi connectivity index (χ0) is 15.1. The quantitative estimate of drug-likeness (QED) is 0.401. The van der Waals surface area contributed by atoms with Gasteiger partial charge in [-0.1, -0.05) is 45.6 Å². The van der Waals surface area contributed by atoms with Crippen molar-refractivity contribution in [3.63, 3.8) is 0 Å². The monoisotopic (exact) mass is 279 g/mol. The third-order valence-corrected chi connectivity index (χ3v) is 3.37. The Morgan fingerprint density at radius 1 is 1.20 bits per heavy atom. The molecule has 0 aliphatic heterocycles. The minimum atomic E-state index is -0.745. The number of nitro groups is 2. The van der Waals surface area contributed by atoms with Crippen LogP contribution in [-0.2, 0) is 0 Å². The Kier molecular flexibility index (Phi) is 6.09. The van der Waals surface area contributed by atoms with E-state index in [1.54, 1.807) is 6.07 Å². The molecule has 0 aliphatic rings. The van der Waals surface area contributed by atoms with Crippen molar-refractivity contribution in [2.75, 3.05) is 0 Å². The maximum atomic E-state index is 11.1. The number of unbranched alkanes of at least 4 members (excludes halogenated alkanes) is 3. The summed E-state index contributed by atoms with van der Waals surface area (Å²) in [5.74, 6) is -0.0689. The fourth-order valence-corrected chi connectivity index (χ4v) is 2.26. The molecule has 6 nitrogen and oxygen atoms in total. The Morgan fingerprint density at radius 2 is 1.90 bits per heavy atom. The Hall–Kier alpha value is -1.98. The number of hydrogen-bond donors (Lipinski definition) is 0. The van der Waals surface area contributed by atoms with Crippen LogP contribution < -0.4 is 0 Å². The first-order valence-corrected chi connectivity index (χ1v) is 6.82. The van der Waals surface area contributed by atoms with E-state index >= 15 is 0 Å². The predicted octanol–water partition coefficient (Wildman–Crippen LogP) is 4.38. The summed E-state index contributed by atoms with van der Waals surface area (Å²) >= 11 is 0. The summed E-state index contributed by atoms with van der Waals surface area (Å²) in [6, 6.07) is 5.31. The maximum absolute atomic E-state index is 11.1. The Balaban J connectivity index is 2.96. The lowest BCUT2D eigenvalue weighted by atomic mass is 9.93. The molecule has 0 N–H and O–H groups in total. The van der Waals surface area contributed by atoms with E-state index < -0.39 is 21.2 Å². The highest BCUT2D eigenvalue weighted by Crippen LogP contribution is 2.36. The van der Waals surface area contributed by atoms with Crippen molar-refractivity contribution in [3.05, 3.63) is 44.0 Å². The molecule has 1 atom stereocenters. The molecule has 1 aromatic carbocycles. The second-order valence-electron chi connectivity index (χ2n) is 4.89. The molecule has 6 heteroatoms. The molecule has 0 heterocycles. The maximum Gasteiger partial charge on any atom is 0.354 e. The highest BCUT2D eigenvalue weighted by Gasteiger charge is 2.30. The normalized spacial score (nSPS) is 12.1. The van der Waals surface area contributed by atoms with E-state index in [0.29, 0.717) is 5.56 Å². The summed E-state index contributed by atoms with van der Waals surface area (Å²) in [6.45, 7) is 3.99. The number of nitro benzene ring substituents is 2. The van der Waals surface area contributed by atoms with Gasteiger partial charge < -0.3 is 0 Å². The van der Waals surface area contributed by atoms with E-state index in [2.05, 4.69) is 13.0 Å². The lowest BCUT2D eigenvalue weighted by Crippen LogP contribution is -2.04. The molecule has 0 fully saturated rings. The van der Waals surface area contributed by atoms with Crippen molar-refractivity contribution in [2.45, 2.75) is 51.9 Å². The van der Waals surface area contributed by atoms with Crippen LogP contribution in [0.2, 0.25) is 0 Å². The van der Waals surface area contributed by atoms with Crippen molar-refractivity contribution in [3.8, 4) is 0 Å². The van der Waals surface area contributed by atoms with Crippen LogP contribution in [0.25, 0.3) is 0 Å². The van der Waals surface area contributed by atoms with E-state index in [9.17, 15) is 20.2 Å². The van der Waals surface area contributed by atoms with Crippen LogP contribution in [0.1, 0.15) is 57.4 Å². The second kappa shape index (κ2) is 7.57. The van der Waals surface area contributed by atoms with Gasteiger partial charge in [-0.25, -0.2) is 0 Å². The molecule has 1 unspecified atom stereocenters. The third-order valence-electron chi connectivity index (χ3n) is 3.37. The van der Waals surface area contributed by atoms with Crippen LogP contribution in [0.4, 0.5) is 11.4 Å². The van der Waals surface area contributed by atoms with Gasteiger partial charge in [0.1, 0.15) is 0 Å². The Morgan fingerprint density at radius 3 is 2.45 bits per heavy atom. The zero-order valence-electron chi connectivity index (χ0n) is 11.8. The highest BCUT2D eigenvalue weighted by molar-refractivity contribution is 5.58. The van der Waals surface area contributed by atoms with Gasteiger partial charge in [-0.2, -0.15) is 0 Å². The average Bonchev–Trinajstić information content (AvgIpc) is 2.42. The van der Waals surface area contributed by atoms with E-state index in [1.807, 2.05) is 6.92 Å². The lowest BCUT2D eigenvalue weighted by molar-refractivity contribution is -0.423. The topological polar surface area (TPSA) is 86.3 Å². The Labute approximate surface area is 118 Å². The molecule has 109 valence electrons. The second-order valence-corrected chi connectivity index (χ2v) is 4.89. The molecule has 1 radical (unpaired) electrons. The van der Waals surface area contributed by atoms with E-state index in [1.165, 1.54) is 6.07 Å². The van der Waals surface area contributed by atoms with Gasteiger partial charge in [-0.3, -0.25) is 20.2 Å². The number of hydrogen-bond acceptors (Lipinski definition) is 4. The van der Waals surface area contributed by atoms with Gasteiger partial charge in [0.15, 0.2) is 0 Å². The van der Waals surface area contributed by atoms with Crippen molar-refractivity contribution in [2.24, 2.45) is 0 Å². The highest BCUT2D eigenvalue weighted by atomic mass is 16.6. The fourth-order valence-electron chi connectivity index (χ4n) is 2.26. The molecule has 20 heavy (non-hydrogen) atoms. The smallest absolute Gasteiger partial charge is 0.258 e. The summed E-state index contributed by atoms with van der Waals surface area (Å²) in [5.41, 5.74) is -0.537. The third kappa shape index (κ3) is 4.01. The molecule has 0 bridgehead atoms. The first-order valence-electron chi connectivity index (χ1n) is 6.82. The van der Waals surface area contributed by atoms with Crippen molar-refractivity contribution in [1.29, 1.82) is 0 Å². The van der Waals surface area contributed by atoms with E-state index in [4.69, 9.17) is 0 Å². The summed E-state index contributed by atoms with van der Waals surface area (Å²) in [5, 5.41) is 22.0. The molecule has 0 aliphatic carbocycles. The van der Waals surface area contributed by atoms with Gasteiger partial charge in [-0.15, -0.1) is 0 Å². The largest absolute Gasteiger partial charge is 0.354 e. The van der Waals surface area contributed by atoms with Crippen LogP contribution in [0, 0.1) is 26.3 Å². The summed E-state index contributed by atoms with van der Waals surface area (Å²) in [6.07, 6.45) is 5.11. The standard InChI is InChI=1S/C14H19N2O4/c1-3-4-5-6-8-11(2)12-9-7-10-13(15(17)18)14(12)16(19)20/h7,9,11H,3-6,8H2,1-2H3. The summed E-state index contributed by atoms with van der Waals surface area (Å²) in [4.78, 5) is 20.6. The molecule has 0 aromatic heterocycles. The minimum Gasteiger partial charge on any atom is -0.258 e. The zero-order valence-corrected chi connectivity index (χ0v) is 11.8. The molecule has 0 spiro atoms. The van der Waals surface area contributed by atoms with Crippen LogP contribution in [0.5, 0.6) is 0 Å². The predicted molar refractivity (Wildman–Crippen MR) is 75.8 cm³/mol. The van der Waals surface area contributed by atoms with Gasteiger partial charge in [0.05, 0.1) is 15.9 Å². The summed E-state index contributed by atoms with van der Waals surface area (Å²) in [7, 11) is 0. The van der Waals surface area contributed by atoms with Crippen molar-refractivity contribution < 1.29 is 9.85 Å². The lowest BCUT2D eigenvalue weighted by Gasteiger charge is -2.11. The molecular weight excluding hydrogens is 260 g/mol. The SMILES string of the molecule is CCCCCCC(C)c1cc[c]c([N+](=O)[O-])c1[N+](=O)[O-]. The first kappa shape index (κ1) is 16.1. The van der Waals surface area contributed by atoms with E-state index in [-0.39, 0.29) is 5.92 Å². The van der Waals surface area contributed by atoms with E-state index in [0.717, 1.165) is 32.1 Å². The van der Waals surface area contributed by atoms with Crippen molar-refractivity contribution in [1.82, 2.24) is 0 Å². The molecule has 0 saturated heterocycles. The fraction of sp³-hybridized carbons (Fsp3) is 0.571. The molecule has 0 saturated carbocycles. The molecule has 0 amide bonds. The molecule has 1 aromatic rings. The number of benzene rings is 1. The van der Waals surface area contributed by atoms with Gasteiger partial charge in [0, 0.05) is 5.56 Å². The van der Waals surface area contributed by atoms with Crippen LogP contribution >= 0.6 is 0 Å².